The molecule has 1 atom stereocenters. The highest BCUT2D eigenvalue weighted by atomic mass is 31.1. The fourth-order valence-electron chi connectivity index (χ4n) is 3.40. The standard InChI is InChI=1S/C21H45O3P/c1-7-11-12-13-14-15-17-20(18-16-19-25(5)6)21(22-8-2,23-9-3)24-10-4/h20H,7-19H2,1-6H3. The van der Waals surface area contributed by atoms with E-state index in [2.05, 4.69) is 20.3 Å². The molecule has 0 aliphatic rings. The van der Waals surface area contributed by atoms with Gasteiger partial charge in [0.05, 0.1) is 0 Å². The summed E-state index contributed by atoms with van der Waals surface area (Å²) in [6.45, 7) is 15.0. The van der Waals surface area contributed by atoms with Gasteiger partial charge in [0.2, 0.25) is 0 Å². The number of unbranched alkanes of at least 4 members (excludes halogenated alkanes) is 5. The molecule has 0 aliphatic carbocycles. The molecule has 4 heteroatoms. The molecule has 1 unspecified atom stereocenters. The first-order chi connectivity index (χ1) is 12.1. The van der Waals surface area contributed by atoms with Gasteiger partial charge in [-0.25, -0.2) is 0 Å². The van der Waals surface area contributed by atoms with E-state index in [-0.39, 0.29) is 7.92 Å². The molecular weight excluding hydrogens is 331 g/mol. The fraction of sp³-hybridized carbons (Fsp3) is 1.00. The third-order valence-electron chi connectivity index (χ3n) is 4.60. The highest BCUT2D eigenvalue weighted by molar-refractivity contribution is 7.55. The molecule has 0 heterocycles. The lowest BCUT2D eigenvalue weighted by Gasteiger charge is -2.39. The molecule has 0 saturated carbocycles. The largest absolute Gasteiger partial charge is 0.328 e. The molecule has 0 spiro atoms. The van der Waals surface area contributed by atoms with E-state index in [1.54, 1.807) is 0 Å². The smallest absolute Gasteiger partial charge is 0.285 e. The maximum atomic E-state index is 6.09. The molecule has 0 saturated heterocycles. The molecule has 0 radical (unpaired) electrons. The molecule has 0 fully saturated rings. The third kappa shape index (κ3) is 11.6. The molecule has 0 N–H and O–H groups in total. The van der Waals surface area contributed by atoms with Gasteiger partial charge in [0, 0.05) is 25.7 Å². The molecule has 0 rings (SSSR count). The topological polar surface area (TPSA) is 27.7 Å². The summed E-state index contributed by atoms with van der Waals surface area (Å²) >= 11 is 0. The summed E-state index contributed by atoms with van der Waals surface area (Å²) in [5, 5.41) is 0. The van der Waals surface area contributed by atoms with Crippen molar-refractivity contribution in [1.82, 2.24) is 0 Å². The van der Waals surface area contributed by atoms with Crippen LogP contribution >= 0.6 is 7.92 Å². The van der Waals surface area contributed by atoms with Crippen molar-refractivity contribution in [3.05, 3.63) is 0 Å². The third-order valence-corrected chi connectivity index (χ3v) is 5.81. The van der Waals surface area contributed by atoms with Crippen molar-refractivity contribution in [2.24, 2.45) is 5.92 Å². The van der Waals surface area contributed by atoms with E-state index in [1.165, 1.54) is 51.1 Å². The van der Waals surface area contributed by atoms with Crippen LogP contribution < -0.4 is 0 Å². The summed E-state index contributed by atoms with van der Waals surface area (Å²) in [4.78, 5) is 0. The summed E-state index contributed by atoms with van der Waals surface area (Å²) in [7, 11) is 0.164. The lowest BCUT2D eigenvalue weighted by Crippen LogP contribution is -2.46. The number of hydrogen-bond acceptors (Lipinski definition) is 3. The summed E-state index contributed by atoms with van der Waals surface area (Å²) in [5.41, 5.74) is 0. The van der Waals surface area contributed by atoms with Crippen LogP contribution in [0.4, 0.5) is 0 Å². The summed E-state index contributed by atoms with van der Waals surface area (Å²) in [6, 6.07) is 0. The predicted molar refractivity (Wildman–Crippen MR) is 112 cm³/mol. The lowest BCUT2D eigenvalue weighted by molar-refractivity contribution is -0.403. The van der Waals surface area contributed by atoms with Crippen molar-refractivity contribution in [2.45, 2.75) is 91.5 Å². The van der Waals surface area contributed by atoms with Gasteiger partial charge in [-0.1, -0.05) is 45.4 Å². The Morgan fingerprint density at radius 1 is 0.680 bits per heavy atom. The Balaban J connectivity index is 4.81. The molecular formula is C21H45O3P. The van der Waals surface area contributed by atoms with Gasteiger partial charge in [-0.2, -0.15) is 0 Å². The monoisotopic (exact) mass is 376 g/mol. The highest BCUT2D eigenvalue weighted by Gasteiger charge is 2.41. The second-order valence-electron chi connectivity index (χ2n) is 7.10. The highest BCUT2D eigenvalue weighted by Crippen LogP contribution is 2.36. The second-order valence-corrected chi connectivity index (χ2v) is 9.71. The Kier molecular flexibility index (Phi) is 16.7. The van der Waals surface area contributed by atoms with Crippen molar-refractivity contribution in [2.75, 3.05) is 39.3 Å². The zero-order chi connectivity index (χ0) is 19.0. The molecule has 0 aliphatic heterocycles. The Morgan fingerprint density at radius 2 is 1.16 bits per heavy atom. The van der Waals surface area contributed by atoms with Crippen LogP contribution in [0.15, 0.2) is 0 Å². The normalized spacial score (nSPS) is 13.6. The van der Waals surface area contributed by atoms with Crippen LogP contribution in [0.3, 0.4) is 0 Å². The number of rotatable bonds is 18. The minimum atomic E-state index is -0.841. The lowest BCUT2D eigenvalue weighted by atomic mass is 9.93. The van der Waals surface area contributed by atoms with E-state index >= 15 is 0 Å². The molecule has 152 valence electrons. The zero-order valence-electron chi connectivity index (χ0n) is 17.9. The van der Waals surface area contributed by atoms with Crippen LogP contribution in [0.2, 0.25) is 0 Å². The van der Waals surface area contributed by atoms with Gasteiger partial charge >= 0.3 is 0 Å². The maximum absolute atomic E-state index is 6.09. The van der Waals surface area contributed by atoms with Gasteiger partial charge in [0.15, 0.2) is 0 Å². The van der Waals surface area contributed by atoms with Crippen LogP contribution in [0.25, 0.3) is 0 Å². The SMILES string of the molecule is CCCCCCCCC(CCCP(C)C)C(OCC)(OCC)OCC. The molecule has 0 aromatic heterocycles. The predicted octanol–water partition coefficient (Wildman–Crippen LogP) is 6.64. The number of ether oxygens (including phenoxy) is 3. The van der Waals surface area contributed by atoms with E-state index in [0.717, 1.165) is 12.8 Å². The first kappa shape index (κ1) is 25.3. The van der Waals surface area contributed by atoms with Gasteiger partial charge < -0.3 is 14.2 Å². The average Bonchev–Trinajstić information content (AvgIpc) is 2.56. The average molecular weight is 377 g/mol. The Bertz CT molecular complexity index is 267. The van der Waals surface area contributed by atoms with Gasteiger partial charge in [-0.15, -0.1) is 7.92 Å². The van der Waals surface area contributed by atoms with Crippen LogP contribution in [0.1, 0.15) is 85.5 Å². The Hall–Kier alpha value is 0.310. The minimum Gasteiger partial charge on any atom is -0.328 e. The van der Waals surface area contributed by atoms with Gasteiger partial charge in [0.1, 0.15) is 0 Å². The minimum absolute atomic E-state index is 0.164. The van der Waals surface area contributed by atoms with E-state index < -0.39 is 5.97 Å². The molecule has 0 amide bonds. The van der Waals surface area contributed by atoms with Gasteiger partial charge in [-0.3, -0.25) is 0 Å². The second kappa shape index (κ2) is 16.5. The fourth-order valence-corrected chi connectivity index (χ4v) is 4.22. The van der Waals surface area contributed by atoms with Crippen molar-refractivity contribution < 1.29 is 14.2 Å². The maximum Gasteiger partial charge on any atom is 0.285 e. The first-order valence-electron chi connectivity index (χ1n) is 10.6. The van der Waals surface area contributed by atoms with E-state index in [4.69, 9.17) is 14.2 Å². The van der Waals surface area contributed by atoms with Crippen LogP contribution in [0.5, 0.6) is 0 Å². The van der Waals surface area contributed by atoms with Crippen LogP contribution in [0, 0.1) is 5.92 Å². The quantitative estimate of drug-likeness (QED) is 0.152. The van der Waals surface area contributed by atoms with Crippen molar-refractivity contribution in [3.63, 3.8) is 0 Å². The van der Waals surface area contributed by atoms with E-state index in [0.29, 0.717) is 25.7 Å². The van der Waals surface area contributed by atoms with E-state index in [9.17, 15) is 0 Å². The molecule has 0 aromatic carbocycles. The summed E-state index contributed by atoms with van der Waals surface area (Å²) in [5.74, 6) is -0.514. The number of hydrogen-bond donors (Lipinski definition) is 0. The van der Waals surface area contributed by atoms with Crippen LogP contribution in [-0.4, -0.2) is 45.3 Å². The molecule has 0 aromatic rings. The Labute approximate surface area is 159 Å². The van der Waals surface area contributed by atoms with Crippen LogP contribution in [-0.2, 0) is 14.2 Å². The van der Waals surface area contributed by atoms with Gasteiger partial charge in [0.25, 0.3) is 5.97 Å². The molecule has 25 heavy (non-hydrogen) atoms. The first-order valence-corrected chi connectivity index (χ1v) is 13.0. The van der Waals surface area contributed by atoms with Crippen molar-refractivity contribution in [3.8, 4) is 0 Å². The van der Waals surface area contributed by atoms with E-state index in [1.807, 2.05) is 20.8 Å². The van der Waals surface area contributed by atoms with Crippen molar-refractivity contribution >= 4 is 7.92 Å². The van der Waals surface area contributed by atoms with Crippen molar-refractivity contribution in [1.29, 1.82) is 0 Å². The zero-order valence-corrected chi connectivity index (χ0v) is 18.8. The molecule has 3 nitrogen and oxygen atoms in total. The summed E-state index contributed by atoms with van der Waals surface area (Å²) < 4.78 is 18.3. The van der Waals surface area contributed by atoms with Gasteiger partial charge in [-0.05, 0) is 59.5 Å². The molecule has 0 bridgehead atoms. The Morgan fingerprint density at radius 3 is 1.64 bits per heavy atom. The summed E-state index contributed by atoms with van der Waals surface area (Å²) in [6.07, 6.45) is 12.8.